The highest BCUT2D eigenvalue weighted by Crippen LogP contribution is 2.32. The second-order valence-electron chi connectivity index (χ2n) is 3.82. The summed E-state index contributed by atoms with van der Waals surface area (Å²) in [5, 5.41) is 0.440. The van der Waals surface area contributed by atoms with Crippen molar-refractivity contribution in [2.24, 2.45) is 5.73 Å². The molecule has 94 valence electrons. The molecular formula is C13H9BrClF2N. The lowest BCUT2D eigenvalue weighted by atomic mass is 9.99. The van der Waals surface area contributed by atoms with Crippen LogP contribution in [0, 0.1) is 11.6 Å². The van der Waals surface area contributed by atoms with Gasteiger partial charge in [-0.3, -0.25) is 0 Å². The number of hydrogen-bond donors (Lipinski definition) is 1. The molecule has 0 heterocycles. The average molecular weight is 333 g/mol. The second kappa shape index (κ2) is 5.34. The highest BCUT2D eigenvalue weighted by Gasteiger charge is 2.15. The van der Waals surface area contributed by atoms with Gasteiger partial charge in [0.2, 0.25) is 0 Å². The van der Waals surface area contributed by atoms with Crippen LogP contribution in [0.3, 0.4) is 0 Å². The summed E-state index contributed by atoms with van der Waals surface area (Å²) in [5.74, 6) is -1.32. The summed E-state index contributed by atoms with van der Waals surface area (Å²) in [6.45, 7) is 0. The Kier molecular flexibility index (Phi) is 4.00. The Bertz CT molecular complexity index is 569. The predicted octanol–water partition coefficient (Wildman–Crippen LogP) is 4.43. The normalized spacial score (nSPS) is 12.5. The molecule has 0 aliphatic rings. The van der Waals surface area contributed by atoms with Crippen molar-refractivity contribution < 1.29 is 8.78 Å². The summed E-state index contributed by atoms with van der Waals surface area (Å²) >= 11 is 9.38. The molecule has 0 amide bonds. The molecule has 1 nitrogen and oxygen atoms in total. The average Bonchev–Trinajstić information content (AvgIpc) is 2.30. The van der Waals surface area contributed by atoms with E-state index in [0.717, 1.165) is 6.07 Å². The van der Waals surface area contributed by atoms with E-state index in [1.165, 1.54) is 12.1 Å². The van der Waals surface area contributed by atoms with Crippen molar-refractivity contribution in [3.05, 3.63) is 68.7 Å². The van der Waals surface area contributed by atoms with Gasteiger partial charge in [-0.15, -0.1) is 0 Å². The molecule has 0 aliphatic heterocycles. The molecule has 0 spiro atoms. The summed E-state index contributed by atoms with van der Waals surface area (Å²) in [6, 6.07) is 7.78. The van der Waals surface area contributed by atoms with Gasteiger partial charge >= 0.3 is 0 Å². The fraction of sp³-hybridized carbons (Fsp3) is 0.0769. The fourth-order valence-electron chi connectivity index (χ4n) is 1.69. The van der Waals surface area contributed by atoms with Gasteiger partial charge in [0.25, 0.3) is 0 Å². The van der Waals surface area contributed by atoms with Gasteiger partial charge in [0.15, 0.2) is 0 Å². The number of hydrogen-bond acceptors (Lipinski definition) is 1. The van der Waals surface area contributed by atoms with E-state index in [0.29, 0.717) is 20.6 Å². The van der Waals surface area contributed by atoms with Crippen molar-refractivity contribution in [3.63, 3.8) is 0 Å². The monoisotopic (exact) mass is 331 g/mol. The van der Waals surface area contributed by atoms with Gasteiger partial charge in [-0.1, -0.05) is 23.7 Å². The van der Waals surface area contributed by atoms with E-state index >= 15 is 0 Å². The maximum absolute atomic E-state index is 13.1. The first-order chi connectivity index (χ1) is 8.49. The van der Waals surface area contributed by atoms with Crippen LogP contribution in [0.25, 0.3) is 0 Å². The van der Waals surface area contributed by atoms with E-state index in [2.05, 4.69) is 15.9 Å². The number of halogens is 4. The highest BCUT2D eigenvalue weighted by atomic mass is 79.9. The lowest BCUT2D eigenvalue weighted by Crippen LogP contribution is -2.13. The van der Waals surface area contributed by atoms with Crippen LogP contribution in [0.1, 0.15) is 17.2 Å². The van der Waals surface area contributed by atoms with Crippen molar-refractivity contribution in [2.75, 3.05) is 0 Å². The first-order valence-corrected chi connectivity index (χ1v) is 6.31. The Labute approximate surface area is 117 Å². The Balaban J connectivity index is 2.47. The number of benzene rings is 2. The van der Waals surface area contributed by atoms with Crippen molar-refractivity contribution in [2.45, 2.75) is 6.04 Å². The largest absolute Gasteiger partial charge is 0.320 e. The maximum Gasteiger partial charge on any atom is 0.126 e. The Morgan fingerprint density at radius 2 is 1.72 bits per heavy atom. The fourth-order valence-corrected chi connectivity index (χ4v) is 2.32. The standard InChI is InChI=1S/C13H9BrClF2N/c14-11-3-1-2-10(12(11)15)13(18)7-4-8(16)6-9(17)5-7/h1-6,13H,18H2. The molecule has 0 aliphatic carbocycles. The van der Waals surface area contributed by atoms with Crippen LogP contribution < -0.4 is 5.73 Å². The second-order valence-corrected chi connectivity index (χ2v) is 5.06. The molecule has 0 aromatic heterocycles. The number of rotatable bonds is 2. The minimum atomic E-state index is -0.680. The Morgan fingerprint density at radius 3 is 2.33 bits per heavy atom. The van der Waals surface area contributed by atoms with Gasteiger partial charge in [0.05, 0.1) is 11.1 Å². The van der Waals surface area contributed by atoms with E-state index in [1.54, 1.807) is 18.2 Å². The molecule has 1 unspecified atom stereocenters. The molecule has 2 N–H and O–H groups in total. The lowest BCUT2D eigenvalue weighted by molar-refractivity contribution is 0.577. The minimum Gasteiger partial charge on any atom is -0.320 e. The molecule has 0 fully saturated rings. The highest BCUT2D eigenvalue weighted by molar-refractivity contribution is 9.10. The summed E-state index contributed by atoms with van der Waals surface area (Å²) in [4.78, 5) is 0. The van der Waals surface area contributed by atoms with E-state index < -0.39 is 17.7 Å². The van der Waals surface area contributed by atoms with Crippen LogP contribution in [0.2, 0.25) is 5.02 Å². The molecule has 18 heavy (non-hydrogen) atoms. The summed E-state index contributed by atoms with van der Waals surface area (Å²) < 4.78 is 27.0. The van der Waals surface area contributed by atoms with Crippen LogP contribution in [0.5, 0.6) is 0 Å². The van der Waals surface area contributed by atoms with Crippen molar-refractivity contribution in [1.82, 2.24) is 0 Å². The maximum atomic E-state index is 13.1. The molecule has 2 aromatic rings. The number of nitrogens with two attached hydrogens (primary N) is 1. The zero-order chi connectivity index (χ0) is 13.3. The Hall–Kier alpha value is -0.970. The van der Waals surface area contributed by atoms with E-state index in [9.17, 15) is 8.78 Å². The smallest absolute Gasteiger partial charge is 0.126 e. The van der Waals surface area contributed by atoms with Gasteiger partial charge < -0.3 is 5.73 Å². The first kappa shape index (κ1) is 13.5. The van der Waals surface area contributed by atoms with Gasteiger partial charge in [0.1, 0.15) is 11.6 Å². The molecule has 2 aromatic carbocycles. The predicted molar refractivity (Wildman–Crippen MR) is 71.5 cm³/mol. The van der Waals surface area contributed by atoms with Crippen LogP contribution in [-0.4, -0.2) is 0 Å². The van der Waals surface area contributed by atoms with Crippen LogP contribution in [0.15, 0.2) is 40.9 Å². The molecule has 0 radical (unpaired) electrons. The molecular weight excluding hydrogens is 324 g/mol. The molecule has 1 atom stereocenters. The zero-order valence-electron chi connectivity index (χ0n) is 9.13. The van der Waals surface area contributed by atoms with Gasteiger partial charge in [-0.05, 0) is 45.3 Å². The summed E-state index contributed by atoms with van der Waals surface area (Å²) in [5.41, 5.74) is 6.93. The topological polar surface area (TPSA) is 26.0 Å². The van der Waals surface area contributed by atoms with Crippen molar-refractivity contribution in [3.8, 4) is 0 Å². The van der Waals surface area contributed by atoms with Gasteiger partial charge in [0, 0.05) is 10.5 Å². The van der Waals surface area contributed by atoms with E-state index in [4.69, 9.17) is 17.3 Å². The molecule has 0 saturated carbocycles. The molecule has 2 rings (SSSR count). The molecule has 0 saturated heterocycles. The summed E-state index contributed by atoms with van der Waals surface area (Å²) in [7, 11) is 0. The van der Waals surface area contributed by atoms with E-state index in [1.807, 2.05) is 0 Å². The van der Waals surface area contributed by atoms with Crippen LogP contribution in [-0.2, 0) is 0 Å². The quantitative estimate of drug-likeness (QED) is 0.865. The lowest BCUT2D eigenvalue weighted by Gasteiger charge is -2.15. The van der Waals surface area contributed by atoms with Crippen molar-refractivity contribution in [1.29, 1.82) is 0 Å². The minimum absolute atomic E-state index is 0.340. The van der Waals surface area contributed by atoms with Crippen LogP contribution in [0.4, 0.5) is 8.78 Å². The van der Waals surface area contributed by atoms with Gasteiger partial charge in [-0.25, -0.2) is 8.78 Å². The SMILES string of the molecule is NC(c1cc(F)cc(F)c1)c1cccc(Br)c1Cl. The third kappa shape index (κ3) is 2.71. The third-order valence-corrected chi connectivity index (χ3v) is 3.87. The van der Waals surface area contributed by atoms with Crippen molar-refractivity contribution >= 4 is 27.5 Å². The summed E-state index contributed by atoms with van der Waals surface area (Å²) in [6.07, 6.45) is 0. The van der Waals surface area contributed by atoms with E-state index in [-0.39, 0.29) is 0 Å². The van der Waals surface area contributed by atoms with Crippen LogP contribution >= 0.6 is 27.5 Å². The molecule has 0 bridgehead atoms. The molecule has 5 heteroatoms. The zero-order valence-corrected chi connectivity index (χ0v) is 11.5. The first-order valence-electron chi connectivity index (χ1n) is 5.14. The Morgan fingerprint density at radius 1 is 1.11 bits per heavy atom. The van der Waals surface area contributed by atoms with Gasteiger partial charge in [-0.2, -0.15) is 0 Å². The third-order valence-electron chi connectivity index (χ3n) is 2.56.